The molecule has 1 N–H and O–H groups in total. The number of carboxylic acid groups (broad SMARTS) is 1. The van der Waals surface area contributed by atoms with E-state index in [0.29, 0.717) is 12.0 Å². The molecule has 3 heteroatoms. The van der Waals surface area contributed by atoms with Crippen LogP contribution in [0.3, 0.4) is 0 Å². The van der Waals surface area contributed by atoms with Crippen molar-refractivity contribution < 1.29 is 9.90 Å². The third kappa shape index (κ3) is 2.86. The second kappa shape index (κ2) is 5.80. The SMILES string of the molecule is Cc1cc2c(cc1C1(C3=NC=C(C(=O)O)CC3)CC1)C(C)(C)CCC2(C)C. The van der Waals surface area contributed by atoms with E-state index in [4.69, 9.17) is 0 Å². The molecule has 144 valence electrons. The van der Waals surface area contributed by atoms with Crippen molar-refractivity contribution >= 4 is 11.7 Å². The van der Waals surface area contributed by atoms with Crippen LogP contribution in [0.5, 0.6) is 0 Å². The molecular weight excluding hydrogens is 334 g/mol. The summed E-state index contributed by atoms with van der Waals surface area (Å²) in [5.41, 5.74) is 7.89. The Bertz CT molecular complexity index is 882. The molecule has 4 rings (SSSR count). The number of aliphatic imine (C=N–C) groups is 1. The van der Waals surface area contributed by atoms with Gasteiger partial charge in [-0.1, -0.05) is 39.8 Å². The van der Waals surface area contributed by atoms with Crippen molar-refractivity contribution in [3.05, 3.63) is 46.2 Å². The molecule has 2 aliphatic carbocycles. The molecule has 3 nitrogen and oxygen atoms in total. The number of aliphatic carboxylic acids is 1. The van der Waals surface area contributed by atoms with Gasteiger partial charge in [0.1, 0.15) is 0 Å². The largest absolute Gasteiger partial charge is 0.478 e. The summed E-state index contributed by atoms with van der Waals surface area (Å²) in [4.78, 5) is 15.8. The molecule has 0 atom stereocenters. The first kappa shape index (κ1) is 18.5. The van der Waals surface area contributed by atoms with Gasteiger partial charge < -0.3 is 5.11 Å². The quantitative estimate of drug-likeness (QED) is 0.760. The van der Waals surface area contributed by atoms with Gasteiger partial charge in [-0.25, -0.2) is 4.79 Å². The van der Waals surface area contributed by atoms with Gasteiger partial charge in [0.15, 0.2) is 0 Å². The van der Waals surface area contributed by atoms with E-state index in [1.165, 1.54) is 40.8 Å². The van der Waals surface area contributed by atoms with Crippen LogP contribution in [0, 0.1) is 6.92 Å². The summed E-state index contributed by atoms with van der Waals surface area (Å²) < 4.78 is 0. The predicted molar refractivity (Wildman–Crippen MR) is 110 cm³/mol. The van der Waals surface area contributed by atoms with Crippen LogP contribution in [0.1, 0.15) is 88.5 Å². The zero-order valence-electron chi connectivity index (χ0n) is 17.3. The van der Waals surface area contributed by atoms with Crippen LogP contribution in [-0.4, -0.2) is 16.8 Å². The molecule has 0 saturated heterocycles. The van der Waals surface area contributed by atoms with Gasteiger partial charge in [0.05, 0.1) is 5.57 Å². The van der Waals surface area contributed by atoms with Gasteiger partial charge in [0, 0.05) is 17.3 Å². The molecule has 0 unspecified atom stereocenters. The van der Waals surface area contributed by atoms with Crippen LogP contribution >= 0.6 is 0 Å². The number of hydrogen-bond acceptors (Lipinski definition) is 2. The molecule has 0 amide bonds. The van der Waals surface area contributed by atoms with E-state index in [1.807, 2.05) is 0 Å². The Kier molecular flexibility index (Phi) is 3.96. The topological polar surface area (TPSA) is 49.7 Å². The fraction of sp³-hybridized carbons (Fsp3) is 0.583. The van der Waals surface area contributed by atoms with Crippen LogP contribution in [0.4, 0.5) is 0 Å². The Morgan fingerprint density at radius 3 is 2.00 bits per heavy atom. The van der Waals surface area contributed by atoms with Crippen LogP contribution in [0.15, 0.2) is 28.9 Å². The number of carboxylic acids is 1. The van der Waals surface area contributed by atoms with Crippen molar-refractivity contribution in [3.63, 3.8) is 0 Å². The molecule has 1 aliphatic heterocycles. The molecule has 1 aromatic rings. The summed E-state index contributed by atoms with van der Waals surface area (Å²) in [5, 5.41) is 9.21. The highest BCUT2D eigenvalue weighted by molar-refractivity contribution is 6.01. The standard InChI is InChI=1S/C24H31NO2/c1-15-12-18-19(23(4,5)9-8-22(18,2)3)13-17(15)24(10-11-24)20-7-6-16(14-25-20)21(26)27/h12-14H,6-11H2,1-5H3,(H,26,27). The summed E-state index contributed by atoms with van der Waals surface area (Å²) >= 11 is 0. The minimum atomic E-state index is -0.836. The number of rotatable bonds is 3. The van der Waals surface area contributed by atoms with Gasteiger partial charge in [-0.2, -0.15) is 0 Å². The van der Waals surface area contributed by atoms with Crippen LogP contribution < -0.4 is 0 Å². The van der Waals surface area contributed by atoms with Crippen LogP contribution in [0.25, 0.3) is 0 Å². The van der Waals surface area contributed by atoms with Gasteiger partial charge in [-0.05, 0) is 78.5 Å². The summed E-state index contributed by atoms with van der Waals surface area (Å²) in [7, 11) is 0. The van der Waals surface area contributed by atoms with Crippen molar-refractivity contribution in [2.45, 2.75) is 89.4 Å². The van der Waals surface area contributed by atoms with Crippen molar-refractivity contribution in [1.29, 1.82) is 0 Å². The third-order valence-corrected chi connectivity index (χ3v) is 7.30. The summed E-state index contributed by atoms with van der Waals surface area (Å²) in [6.45, 7) is 11.7. The predicted octanol–water partition coefficient (Wildman–Crippen LogP) is 5.58. The van der Waals surface area contributed by atoms with E-state index >= 15 is 0 Å². The lowest BCUT2D eigenvalue weighted by atomic mass is 9.62. The number of benzene rings is 1. The molecule has 0 bridgehead atoms. The average molecular weight is 366 g/mol. The number of aryl methyl sites for hydroxylation is 1. The molecule has 1 saturated carbocycles. The third-order valence-electron chi connectivity index (χ3n) is 7.30. The molecule has 1 aromatic carbocycles. The fourth-order valence-corrected chi connectivity index (χ4v) is 5.14. The zero-order chi connectivity index (χ0) is 19.6. The monoisotopic (exact) mass is 365 g/mol. The van der Waals surface area contributed by atoms with Crippen molar-refractivity contribution in [3.8, 4) is 0 Å². The lowest BCUT2D eigenvalue weighted by Crippen LogP contribution is -2.35. The number of hydrogen-bond donors (Lipinski definition) is 1. The second-order valence-corrected chi connectivity index (χ2v) is 10.1. The zero-order valence-corrected chi connectivity index (χ0v) is 17.3. The Balaban J connectivity index is 1.81. The maximum absolute atomic E-state index is 11.2. The second-order valence-electron chi connectivity index (χ2n) is 10.1. The molecular formula is C24H31NO2. The fourth-order valence-electron chi connectivity index (χ4n) is 5.14. The first-order valence-electron chi connectivity index (χ1n) is 10.2. The van der Waals surface area contributed by atoms with Crippen molar-refractivity contribution in [2.75, 3.05) is 0 Å². The lowest BCUT2D eigenvalue weighted by Gasteiger charge is -2.43. The van der Waals surface area contributed by atoms with E-state index in [1.54, 1.807) is 6.20 Å². The first-order chi connectivity index (χ1) is 12.6. The van der Waals surface area contributed by atoms with Crippen LogP contribution in [-0.2, 0) is 21.0 Å². The highest BCUT2D eigenvalue weighted by Gasteiger charge is 2.50. The molecule has 0 spiro atoms. The van der Waals surface area contributed by atoms with Gasteiger partial charge in [0.2, 0.25) is 0 Å². The smallest absolute Gasteiger partial charge is 0.333 e. The first-order valence-corrected chi connectivity index (χ1v) is 10.2. The molecule has 0 radical (unpaired) electrons. The highest BCUT2D eigenvalue weighted by Crippen LogP contribution is 2.55. The average Bonchev–Trinajstić information content (AvgIpc) is 3.40. The van der Waals surface area contributed by atoms with Crippen molar-refractivity contribution in [1.82, 2.24) is 0 Å². The van der Waals surface area contributed by atoms with Gasteiger partial charge >= 0.3 is 5.97 Å². The molecule has 1 heterocycles. The summed E-state index contributed by atoms with van der Waals surface area (Å²) in [5.74, 6) is -0.836. The van der Waals surface area contributed by atoms with Gasteiger partial charge in [-0.3, -0.25) is 4.99 Å². The molecule has 1 fully saturated rings. The Morgan fingerprint density at radius 1 is 0.926 bits per heavy atom. The minimum Gasteiger partial charge on any atom is -0.478 e. The lowest BCUT2D eigenvalue weighted by molar-refractivity contribution is -0.132. The normalized spacial score (nSPS) is 24.5. The Hall–Kier alpha value is -1.90. The Labute approximate surface area is 162 Å². The van der Waals surface area contributed by atoms with E-state index in [2.05, 4.69) is 51.7 Å². The van der Waals surface area contributed by atoms with Gasteiger partial charge in [-0.15, -0.1) is 0 Å². The van der Waals surface area contributed by atoms with Crippen LogP contribution in [0.2, 0.25) is 0 Å². The molecule has 0 aromatic heterocycles. The maximum atomic E-state index is 11.2. The summed E-state index contributed by atoms with van der Waals surface area (Å²) in [6, 6.07) is 4.92. The number of nitrogens with zero attached hydrogens (tertiary/aromatic N) is 1. The number of carbonyl (C=O) groups is 1. The van der Waals surface area contributed by atoms with E-state index in [0.717, 1.165) is 19.3 Å². The molecule has 3 aliphatic rings. The van der Waals surface area contributed by atoms with E-state index in [-0.39, 0.29) is 16.2 Å². The maximum Gasteiger partial charge on any atom is 0.333 e. The highest BCUT2D eigenvalue weighted by atomic mass is 16.4. The van der Waals surface area contributed by atoms with Gasteiger partial charge in [0.25, 0.3) is 0 Å². The minimum absolute atomic E-state index is 0.0390. The molecule has 27 heavy (non-hydrogen) atoms. The summed E-state index contributed by atoms with van der Waals surface area (Å²) in [6.07, 6.45) is 7.65. The van der Waals surface area contributed by atoms with E-state index in [9.17, 15) is 9.90 Å². The Morgan fingerprint density at radius 2 is 1.52 bits per heavy atom. The number of fused-ring (bicyclic) bond motifs is 1. The van der Waals surface area contributed by atoms with E-state index < -0.39 is 5.97 Å². The van der Waals surface area contributed by atoms with Crippen molar-refractivity contribution in [2.24, 2.45) is 4.99 Å².